The molecule has 0 aliphatic heterocycles. The first-order valence-corrected chi connectivity index (χ1v) is 7.01. The van der Waals surface area contributed by atoms with Crippen molar-refractivity contribution >= 4 is 5.78 Å². The summed E-state index contributed by atoms with van der Waals surface area (Å²) in [5.41, 5.74) is -0.263. The first-order chi connectivity index (χ1) is 11.0. The highest BCUT2D eigenvalue weighted by Crippen LogP contribution is 2.25. The summed E-state index contributed by atoms with van der Waals surface area (Å²) in [5.74, 6) is -0.282. The lowest BCUT2D eigenvalue weighted by molar-refractivity contribution is 0.103. The summed E-state index contributed by atoms with van der Waals surface area (Å²) >= 11 is 0. The second-order valence-corrected chi connectivity index (χ2v) is 4.92. The first-order valence-electron chi connectivity index (χ1n) is 7.01. The number of pyridine rings is 1. The normalized spacial score (nSPS) is 10.2. The number of nitriles is 1. The Kier molecular flexibility index (Phi) is 4.51. The maximum absolute atomic E-state index is 12.7. The Morgan fingerprint density at radius 1 is 1.35 bits per heavy atom. The van der Waals surface area contributed by atoms with Crippen molar-refractivity contribution in [2.45, 2.75) is 20.4 Å². The third-order valence-electron chi connectivity index (χ3n) is 3.70. The number of ether oxygens (including phenoxy) is 1. The van der Waals surface area contributed by atoms with Crippen LogP contribution in [0.3, 0.4) is 0 Å². The highest BCUT2D eigenvalue weighted by Gasteiger charge is 2.24. The van der Waals surface area contributed by atoms with Gasteiger partial charge in [-0.2, -0.15) is 5.26 Å². The summed E-state index contributed by atoms with van der Waals surface area (Å²) in [6.45, 7) is 3.29. The topological polar surface area (TPSA) is 92.3 Å². The summed E-state index contributed by atoms with van der Waals surface area (Å²) in [4.78, 5) is 24.8. The first kappa shape index (κ1) is 16.3. The van der Waals surface area contributed by atoms with Crippen molar-refractivity contribution in [3.05, 3.63) is 56.9 Å². The molecule has 118 valence electrons. The number of carbonyl (C=O) groups is 1. The number of aromatic hydroxyl groups is 1. The number of rotatable bonds is 4. The number of hydrogen-bond donors (Lipinski definition) is 1. The predicted molar refractivity (Wildman–Crippen MR) is 83.9 cm³/mol. The zero-order valence-electron chi connectivity index (χ0n) is 13.1. The van der Waals surface area contributed by atoms with Crippen LogP contribution in [0.25, 0.3) is 0 Å². The maximum atomic E-state index is 12.7. The summed E-state index contributed by atoms with van der Waals surface area (Å²) in [6, 6.07) is 8.19. The Labute approximate surface area is 133 Å². The van der Waals surface area contributed by atoms with E-state index in [1.165, 1.54) is 14.0 Å². The summed E-state index contributed by atoms with van der Waals surface area (Å²) in [6.07, 6.45) is 0. The molecular weight excluding hydrogens is 296 g/mol. The van der Waals surface area contributed by atoms with Crippen LogP contribution in [-0.2, 0) is 6.54 Å². The largest absolute Gasteiger partial charge is 0.497 e. The van der Waals surface area contributed by atoms with Crippen LogP contribution in [0.1, 0.15) is 34.0 Å². The van der Waals surface area contributed by atoms with Crippen LogP contribution < -0.4 is 10.3 Å². The molecule has 2 rings (SSSR count). The second kappa shape index (κ2) is 6.36. The quantitative estimate of drug-likeness (QED) is 0.872. The molecule has 6 nitrogen and oxygen atoms in total. The number of hydrogen-bond acceptors (Lipinski definition) is 5. The summed E-state index contributed by atoms with van der Waals surface area (Å²) < 4.78 is 6.06. The van der Waals surface area contributed by atoms with Crippen LogP contribution in [0, 0.1) is 18.3 Å². The monoisotopic (exact) mass is 312 g/mol. The molecule has 23 heavy (non-hydrogen) atoms. The van der Waals surface area contributed by atoms with E-state index in [4.69, 9.17) is 4.74 Å². The molecule has 1 aromatic heterocycles. The van der Waals surface area contributed by atoms with Gasteiger partial charge >= 0.3 is 0 Å². The van der Waals surface area contributed by atoms with Crippen LogP contribution in [0.4, 0.5) is 0 Å². The van der Waals surface area contributed by atoms with Crippen molar-refractivity contribution in [1.82, 2.24) is 4.57 Å². The molecule has 0 amide bonds. The van der Waals surface area contributed by atoms with Crippen LogP contribution >= 0.6 is 0 Å². The summed E-state index contributed by atoms with van der Waals surface area (Å²) in [7, 11) is 1.52. The number of carbonyl (C=O) groups excluding carboxylic acids is 1. The number of aromatic nitrogens is 1. The van der Waals surface area contributed by atoms with Gasteiger partial charge in [0.15, 0.2) is 5.78 Å². The third kappa shape index (κ3) is 2.69. The lowest BCUT2D eigenvalue weighted by Crippen LogP contribution is -2.26. The molecular formula is C17H16N2O4. The minimum absolute atomic E-state index is 0.0341. The van der Waals surface area contributed by atoms with Gasteiger partial charge in [0, 0.05) is 12.1 Å². The second-order valence-electron chi connectivity index (χ2n) is 4.92. The number of methoxy groups -OCH3 is 1. The van der Waals surface area contributed by atoms with Crippen molar-refractivity contribution in [3.8, 4) is 17.7 Å². The fourth-order valence-electron chi connectivity index (χ4n) is 2.40. The van der Waals surface area contributed by atoms with Crippen LogP contribution in [0.15, 0.2) is 29.1 Å². The molecule has 1 aromatic carbocycles. The maximum Gasteiger partial charge on any atom is 0.271 e. The summed E-state index contributed by atoms with van der Waals surface area (Å²) in [5, 5.41) is 19.5. The number of nitrogens with zero attached hydrogens (tertiary/aromatic N) is 2. The molecule has 1 N–H and O–H groups in total. The Morgan fingerprint density at radius 3 is 2.43 bits per heavy atom. The van der Waals surface area contributed by atoms with Gasteiger partial charge in [-0.1, -0.05) is 0 Å². The minimum atomic E-state index is -0.601. The number of benzene rings is 1. The standard InChI is InChI=1S/C17H16N2O4/c1-4-19-16(21)13(9-18)10(2)14(17(19)22)15(20)11-5-7-12(23-3)8-6-11/h5-8,22H,4H2,1-3H3. The molecule has 0 radical (unpaired) electrons. The molecule has 0 fully saturated rings. The Bertz CT molecular complexity index is 858. The van der Waals surface area contributed by atoms with Crippen molar-refractivity contribution in [3.63, 3.8) is 0 Å². The van der Waals surface area contributed by atoms with E-state index in [2.05, 4.69) is 0 Å². The molecule has 0 spiro atoms. The highest BCUT2D eigenvalue weighted by molar-refractivity contribution is 6.11. The molecule has 1 heterocycles. The van der Waals surface area contributed by atoms with Gasteiger partial charge in [0.2, 0.25) is 5.88 Å². The van der Waals surface area contributed by atoms with E-state index < -0.39 is 17.2 Å². The van der Waals surface area contributed by atoms with Crippen molar-refractivity contribution in [1.29, 1.82) is 5.26 Å². The van der Waals surface area contributed by atoms with Crippen LogP contribution in [-0.4, -0.2) is 22.6 Å². The fourth-order valence-corrected chi connectivity index (χ4v) is 2.40. The molecule has 0 atom stereocenters. The third-order valence-corrected chi connectivity index (χ3v) is 3.70. The zero-order chi connectivity index (χ0) is 17.1. The Balaban J connectivity index is 2.69. The van der Waals surface area contributed by atoms with Gasteiger partial charge in [-0.3, -0.25) is 14.2 Å². The van der Waals surface area contributed by atoms with E-state index >= 15 is 0 Å². The zero-order valence-corrected chi connectivity index (χ0v) is 13.1. The van der Waals surface area contributed by atoms with E-state index in [0.29, 0.717) is 11.3 Å². The molecule has 0 unspecified atom stereocenters. The molecule has 2 aromatic rings. The van der Waals surface area contributed by atoms with Crippen molar-refractivity contribution in [2.24, 2.45) is 0 Å². The molecule has 0 bridgehead atoms. The van der Waals surface area contributed by atoms with Gasteiger partial charge in [0.1, 0.15) is 17.4 Å². The average Bonchev–Trinajstić information content (AvgIpc) is 2.55. The van der Waals surface area contributed by atoms with E-state index in [1.54, 1.807) is 31.2 Å². The van der Waals surface area contributed by atoms with E-state index in [-0.39, 0.29) is 23.2 Å². The lowest BCUT2D eigenvalue weighted by Gasteiger charge is -2.14. The minimum Gasteiger partial charge on any atom is -0.497 e. The van der Waals surface area contributed by atoms with E-state index in [1.807, 2.05) is 6.07 Å². The molecule has 0 saturated heterocycles. The lowest BCUT2D eigenvalue weighted by atomic mass is 9.97. The van der Waals surface area contributed by atoms with Gasteiger partial charge < -0.3 is 9.84 Å². The van der Waals surface area contributed by atoms with Crippen molar-refractivity contribution < 1.29 is 14.6 Å². The average molecular weight is 312 g/mol. The molecule has 6 heteroatoms. The SMILES string of the molecule is CCn1c(O)c(C(=O)c2ccc(OC)cc2)c(C)c(C#N)c1=O. The smallest absolute Gasteiger partial charge is 0.271 e. The molecule has 0 aliphatic rings. The highest BCUT2D eigenvalue weighted by atomic mass is 16.5. The molecule has 0 saturated carbocycles. The van der Waals surface area contributed by atoms with Crippen molar-refractivity contribution in [2.75, 3.05) is 7.11 Å². The molecule has 0 aliphatic carbocycles. The van der Waals surface area contributed by atoms with Gasteiger partial charge in [-0.25, -0.2) is 0 Å². The van der Waals surface area contributed by atoms with Gasteiger partial charge in [0.25, 0.3) is 5.56 Å². The van der Waals surface area contributed by atoms with E-state index in [9.17, 15) is 20.0 Å². The van der Waals surface area contributed by atoms with Crippen LogP contribution in [0.2, 0.25) is 0 Å². The van der Waals surface area contributed by atoms with Crippen LogP contribution in [0.5, 0.6) is 11.6 Å². The fraction of sp³-hybridized carbons (Fsp3) is 0.235. The number of ketones is 1. The van der Waals surface area contributed by atoms with Gasteiger partial charge in [-0.05, 0) is 43.7 Å². The van der Waals surface area contributed by atoms with E-state index in [0.717, 1.165) is 4.57 Å². The predicted octanol–water partition coefficient (Wildman–Crippen LogP) is 1.99. The van der Waals surface area contributed by atoms with Gasteiger partial charge in [-0.15, -0.1) is 0 Å². The van der Waals surface area contributed by atoms with Gasteiger partial charge in [0.05, 0.1) is 12.7 Å². The Hall–Kier alpha value is -3.07. The Morgan fingerprint density at radius 2 is 1.96 bits per heavy atom.